The quantitative estimate of drug-likeness (QED) is 0.444. The Labute approximate surface area is 48.2 Å². The number of carbonyl (C=O) groups is 1. The lowest BCUT2D eigenvalue weighted by atomic mass is 10.4. The van der Waals surface area contributed by atoms with Gasteiger partial charge < -0.3 is 9.64 Å². The molecule has 3 nitrogen and oxygen atoms in total. The summed E-state index contributed by atoms with van der Waals surface area (Å²) in [6.07, 6.45) is 0.817. The molecule has 0 aromatic heterocycles. The van der Waals surface area contributed by atoms with Gasteiger partial charge in [0, 0.05) is 0 Å². The predicted octanol–water partition coefficient (Wildman–Crippen LogP) is -0.179. The van der Waals surface area contributed by atoms with Gasteiger partial charge in [0.25, 0.3) is 0 Å². The van der Waals surface area contributed by atoms with Gasteiger partial charge in [0.05, 0.1) is 12.6 Å². The van der Waals surface area contributed by atoms with E-state index < -0.39 is 0 Å². The van der Waals surface area contributed by atoms with Crippen molar-refractivity contribution in [3.8, 4) is 0 Å². The summed E-state index contributed by atoms with van der Waals surface area (Å²) in [6.45, 7) is 3.10. The maximum absolute atomic E-state index is 10.1. The maximum Gasteiger partial charge on any atom is 0.211 e. The molecule has 0 bridgehead atoms. The minimum Gasteiger partial charge on any atom is -0.359 e. The summed E-state index contributed by atoms with van der Waals surface area (Å²) in [6, 6.07) is 0.271. The van der Waals surface area contributed by atoms with Gasteiger partial charge in [-0.05, 0) is 6.92 Å². The third-order valence-corrected chi connectivity index (χ3v) is 1.30. The van der Waals surface area contributed by atoms with E-state index in [1.54, 1.807) is 4.90 Å². The molecule has 1 rings (SSSR count). The van der Waals surface area contributed by atoms with Crippen molar-refractivity contribution in [3.63, 3.8) is 0 Å². The van der Waals surface area contributed by atoms with Crippen molar-refractivity contribution in [1.29, 1.82) is 0 Å². The standard InChI is InChI=1S/C5H9NO2/c1-5-2-8-4-6(5)3-7/h3,5H,2,4H2,1H3. The van der Waals surface area contributed by atoms with Crippen LogP contribution in [0.4, 0.5) is 0 Å². The Morgan fingerprint density at radius 1 is 1.88 bits per heavy atom. The number of hydrogen-bond acceptors (Lipinski definition) is 2. The fraction of sp³-hybridized carbons (Fsp3) is 0.800. The second-order valence-corrected chi connectivity index (χ2v) is 1.97. The van der Waals surface area contributed by atoms with Crippen LogP contribution in [0.2, 0.25) is 0 Å². The fourth-order valence-corrected chi connectivity index (χ4v) is 0.686. The number of hydrogen-bond donors (Lipinski definition) is 0. The first-order valence-corrected chi connectivity index (χ1v) is 2.63. The highest BCUT2D eigenvalue weighted by molar-refractivity contribution is 5.47. The molecule has 1 saturated heterocycles. The van der Waals surface area contributed by atoms with Crippen molar-refractivity contribution in [2.45, 2.75) is 13.0 Å². The second-order valence-electron chi connectivity index (χ2n) is 1.97. The van der Waals surface area contributed by atoms with Gasteiger partial charge in [0.2, 0.25) is 6.41 Å². The predicted molar refractivity (Wildman–Crippen MR) is 28.2 cm³/mol. The largest absolute Gasteiger partial charge is 0.359 e. The number of rotatable bonds is 1. The molecule has 0 aliphatic carbocycles. The van der Waals surface area contributed by atoms with Crippen LogP contribution in [0, 0.1) is 0 Å². The molecule has 0 spiro atoms. The van der Waals surface area contributed by atoms with Crippen LogP contribution < -0.4 is 0 Å². The molecule has 0 saturated carbocycles. The Morgan fingerprint density at radius 2 is 2.62 bits per heavy atom. The van der Waals surface area contributed by atoms with E-state index in [1.807, 2.05) is 6.92 Å². The van der Waals surface area contributed by atoms with E-state index >= 15 is 0 Å². The summed E-state index contributed by atoms with van der Waals surface area (Å²) in [5.74, 6) is 0. The molecule has 8 heavy (non-hydrogen) atoms. The Morgan fingerprint density at radius 3 is 2.88 bits per heavy atom. The molecule has 0 aromatic carbocycles. The topological polar surface area (TPSA) is 29.5 Å². The van der Waals surface area contributed by atoms with Gasteiger partial charge in [0.15, 0.2) is 0 Å². The van der Waals surface area contributed by atoms with Crippen molar-refractivity contribution < 1.29 is 9.53 Å². The van der Waals surface area contributed by atoms with Crippen LogP contribution in [0.5, 0.6) is 0 Å². The molecule has 0 aromatic rings. The first-order valence-electron chi connectivity index (χ1n) is 2.63. The Bertz CT molecular complexity index is 94.4. The van der Waals surface area contributed by atoms with Crippen LogP contribution in [-0.2, 0) is 9.53 Å². The van der Waals surface area contributed by atoms with E-state index in [0.717, 1.165) is 6.41 Å². The molecule has 1 fully saturated rings. The van der Waals surface area contributed by atoms with Gasteiger partial charge in [-0.15, -0.1) is 0 Å². The number of nitrogens with zero attached hydrogens (tertiary/aromatic N) is 1. The zero-order valence-corrected chi connectivity index (χ0v) is 4.83. The lowest BCUT2D eigenvalue weighted by Crippen LogP contribution is -2.26. The van der Waals surface area contributed by atoms with E-state index in [9.17, 15) is 4.79 Å². The van der Waals surface area contributed by atoms with Gasteiger partial charge in [-0.2, -0.15) is 0 Å². The van der Waals surface area contributed by atoms with Gasteiger partial charge >= 0.3 is 0 Å². The van der Waals surface area contributed by atoms with Crippen LogP contribution >= 0.6 is 0 Å². The van der Waals surface area contributed by atoms with Crippen molar-refractivity contribution in [3.05, 3.63) is 0 Å². The molecule has 3 heteroatoms. The number of carbonyl (C=O) groups excluding carboxylic acids is 1. The smallest absolute Gasteiger partial charge is 0.211 e. The average molecular weight is 115 g/mol. The minimum absolute atomic E-state index is 0.271. The number of amides is 1. The average Bonchev–Trinajstić information content (AvgIpc) is 2.14. The highest BCUT2D eigenvalue weighted by atomic mass is 16.5. The Balaban J connectivity index is 2.41. The highest BCUT2D eigenvalue weighted by Gasteiger charge is 2.17. The van der Waals surface area contributed by atoms with Crippen LogP contribution in [0.1, 0.15) is 6.92 Å². The fourth-order valence-electron chi connectivity index (χ4n) is 0.686. The summed E-state index contributed by atoms with van der Waals surface area (Å²) >= 11 is 0. The first-order chi connectivity index (χ1) is 3.84. The molecule has 46 valence electrons. The van der Waals surface area contributed by atoms with E-state index in [1.165, 1.54) is 0 Å². The lowest BCUT2D eigenvalue weighted by molar-refractivity contribution is -0.119. The van der Waals surface area contributed by atoms with Crippen LogP contribution in [-0.4, -0.2) is 30.7 Å². The molecule has 0 radical (unpaired) electrons. The zero-order valence-electron chi connectivity index (χ0n) is 4.83. The van der Waals surface area contributed by atoms with Crippen molar-refractivity contribution in [2.24, 2.45) is 0 Å². The minimum atomic E-state index is 0.271. The van der Waals surface area contributed by atoms with E-state index in [2.05, 4.69) is 0 Å². The third kappa shape index (κ3) is 0.816. The van der Waals surface area contributed by atoms with E-state index in [0.29, 0.717) is 13.3 Å². The van der Waals surface area contributed by atoms with Crippen LogP contribution in [0.25, 0.3) is 0 Å². The normalized spacial score (nSPS) is 28.6. The molecular formula is C5H9NO2. The van der Waals surface area contributed by atoms with Crippen LogP contribution in [0.3, 0.4) is 0 Å². The molecule has 1 heterocycles. The zero-order chi connectivity index (χ0) is 5.98. The van der Waals surface area contributed by atoms with E-state index in [4.69, 9.17) is 4.74 Å². The number of ether oxygens (including phenoxy) is 1. The van der Waals surface area contributed by atoms with Gasteiger partial charge in [-0.1, -0.05) is 0 Å². The molecule has 0 N–H and O–H groups in total. The summed E-state index contributed by atoms with van der Waals surface area (Å²) in [5.41, 5.74) is 0. The SMILES string of the molecule is CC1COCN1C=O. The Kier molecular flexibility index (Phi) is 1.48. The van der Waals surface area contributed by atoms with Gasteiger partial charge in [-0.3, -0.25) is 4.79 Å². The monoisotopic (exact) mass is 115 g/mol. The van der Waals surface area contributed by atoms with Gasteiger partial charge in [-0.25, -0.2) is 0 Å². The molecule has 1 unspecified atom stereocenters. The molecule has 1 atom stereocenters. The molecular weight excluding hydrogens is 106 g/mol. The summed E-state index contributed by atoms with van der Waals surface area (Å²) in [4.78, 5) is 11.7. The lowest BCUT2D eigenvalue weighted by Gasteiger charge is -2.10. The van der Waals surface area contributed by atoms with Gasteiger partial charge in [0.1, 0.15) is 6.73 Å². The van der Waals surface area contributed by atoms with Crippen LogP contribution in [0.15, 0.2) is 0 Å². The van der Waals surface area contributed by atoms with Crippen molar-refractivity contribution in [2.75, 3.05) is 13.3 Å². The summed E-state index contributed by atoms with van der Waals surface area (Å²) in [5, 5.41) is 0. The third-order valence-electron chi connectivity index (χ3n) is 1.30. The Hall–Kier alpha value is -0.570. The van der Waals surface area contributed by atoms with Crippen molar-refractivity contribution >= 4 is 6.41 Å². The molecule has 1 amide bonds. The highest BCUT2D eigenvalue weighted by Crippen LogP contribution is 2.03. The molecule has 1 aliphatic rings. The summed E-state index contributed by atoms with van der Waals surface area (Å²) < 4.78 is 4.95. The van der Waals surface area contributed by atoms with Crippen molar-refractivity contribution in [1.82, 2.24) is 4.90 Å². The molecule has 1 aliphatic heterocycles. The van der Waals surface area contributed by atoms with E-state index in [-0.39, 0.29) is 6.04 Å². The second kappa shape index (κ2) is 2.13. The maximum atomic E-state index is 10.1. The summed E-state index contributed by atoms with van der Waals surface area (Å²) in [7, 11) is 0. The first kappa shape index (κ1) is 5.56.